The Morgan fingerprint density at radius 1 is 0.490 bits per heavy atom. The van der Waals surface area contributed by atoms with Gasteiger partial charge in [-0.2, -0.15) is 0 Å². The highest BCUT2D eigenvalue weighted by Gasteiger charge is 2.43. The summed E-state index contributed by atoms with van der Waals surface area (Å²) in [4.78, 5) is 4.87. The number of para-hydroxylation sites is 4. The Morgan fingerprint density at radius 3 is 1.90 bits per heavy atom. The lowest BCUT2D eigenvalue weighted by Crippen LogP contribution is -2.61. The summed E-state index contributed by atoms with van der Waals surface area (Å²) in [5.41, 5.74) is 18.0. The van der Waals surface area contributed by atoms with Gasteiger partial charge in [0, 0.05) is 44.6 Å². The summed E-state index contributed by atoms with van der Waals surface area (Å²) in [5.74, 6) is 0. The van der Waals surface area contributed by atoms with Crippen LogP contribution in [-0.4, -0.2) is 6.71 Å². The van der Waals surface area contributed by atoms with Gasteiger partial charge in [-0.15, -0.1) is 0 Å². The molecule has 0 radical (unpaired) electrons. The molecule has 3 aliphatic rings. The van der Waals surface area contributed by atoms with Gasteiger partial charge in [0.25, 0.3) is 6.71 Å². The zero-order valence-corrected chi connectivity index (χ0v) is 27.3. The lowest BCUT2D eigenvalue weighted by atomic mass is 9.33. The van der Waals surface area contributed by atoms with Crippen LogP contribution in [0.15, 0.2) is 156 Å². The average molecular weight is 627 g/mol. The minimum Gasteiger partial charge on any atom is -0.454 e. The monoisotopic (exact) mass is 626 g/mol. The van der Waals surface area contributed by atoms with Gasteiger partial charge in [0.2, 0.25) is 0 Å². The fourth-order valence-corrected chi connectivity index (χ4v) is 9.10. The molecule has 3 heterocycles. The number of nitrogens with zero attached hydrogens (tertiary/aromatic N) is 2. The smallest absolute Gasteiger partial charge is 0.252 e. The third kappa shape index (κ3) is 3.48. The second-order valence-electron chi connectivity index (χ2n) is 14.1. The van der Waals surface area contributed by atoms with Gasteiger partial charge in [0.15, 0.2) is 5.58 Å². The van der Waals surface area contributed by atoms with E-state index in [0.717, 1.165) is 33.3 Å². The molecule has 0 fully saturated rings. The summed E-state index contributed by atoms with van der Waals surface area (Å²) >= 11 is 0. The molecule has 3 nitrogen and oxygen atoms in total. The van der Waals surface area contributed by atoms with Crippen LogP contribution in [0.5, 0.6) is 0 Å². The highest BCUT2D eigenvalue weighted by Crippen LogP contribution is 2.52. The molecule has 0 saturated carbocycles. The van der Waals surface area contributed by atoms with Crippen LogP contribution < -0.4 is 26.2 Å². The number of hydrogen-bond donors (Lipinski definition) is 0. The van der Waals surface area contributed by atoms with Gasteiger partial charge < -0.3 is 14.2 Å². The Morgan fingerprint density at radius 2 is 1.10 bits per heavy atom. The predicted molar refractivity (Wildman–Crippen MR) is 205 cm³/mol. The van der Waals surface area contributed by atoms with Gasteiger partial charge in [-0.05, 0) is 93.2 Å². The van der Waals surface area contributed by atoms with Crippen molar-refractivity contribution in [3.05, 3.63) is 163 Å². The molecule has 0 saturated heterocycles. The highest BCUT2D eigenvalue weighted by molar-refractivity contribution is 7.00. The quantitative estimate of drug-likeness (QED) is 0.178. The summed E-state index contributed by atoms with van der Waals surface area (Å²) in [6.07, 6.45) is 0. The van der Waals surface area contributed by atoms with E-state index in [1.165, 1.54) is 61.4 Å². The minimum atomic E-state index is -0.0905. The Labute approximate surface area is 285 Å². The van der Waals surface area contributed by atoms with Crippen molar-refractivity contribution in [2.75, 3.05) is 9.80 Å². The zero-order chi connectivity index (χ0) is 32.4. The summed E-state index contributed by atoms with van der Waals surface area (Å²) < 4.78 is 6.98. The highest BCUT2D eigenvalue weighted by atomic mass is 16.3. The van der Waals surface area contributed by atoms with Crippen molar-refractivity contribution in [1.82, 2.24) is 0 Å². The van der Waals surface area contributed by atoms with Crippen LogP contribution in [0.1, 0.15) is 25.0 Å². The molecule has 1 aliphatic carbocycles. The van der Waals surface area contributed by atoms with E-state index in [2.05, 4.69) is 175 Å². The fourth-order valence-electron chi connectivity index (χ4n) is 9.10. The van der Waals surface area contributed by atoms with Crippen LogP contribution in [0, 0.1) is 0 Å². The number of furan rings is 1. The van der Waals surface area contributed by atoms with Crippen molar-refractivity contribution in [2.45, 2.75) is 19.3 Å². The van der Waals surface area contributed by atoms with Crippen LogP contribution in [-0.2, 0) is 5.41 Å². The number of hydrogen-bond acceptors (Lipinski definition) is 3. The second-order valence-corrected chi connectivity index (χ2v) is 14.1. The van der Waals surface area contributed by atoms with Crippen molar-refractivity contribution in [3.63, 3.8) is 0 Å². The maximum atomic E-state index is 6.98. The van der Waals surface area contributed by atoms with Crippen LogP contribution >= 0.6 is 0 Å². The predicted octanol–water partition coefficient (Wildman–Crippen LogP) is 9.97. The summed E-state index contributed by atoms with van der Waals surface area (Å²) in [5, 5.41) is 2.30. The van der Waals surface area contributed by atoms with Crippen LogP contribution in [0.25, 0.3) is 33.1 Å². The molecular formula is C45H31BN2O. The number of anilines is 6. The SMILES string of the molecule is CC1(C)c2ccccc2-c2cc3c(cc21)oc1c(N2c4ccccc4B4c5ccccc5N(c5ccccc5)c5cccc2c54)cccc13. The molecule has 0 N–H and O–H groups in total. The van der Waals surface area contributed by atoms with Crippen LogP contribution in [0.4, 0.5) is 34.1 Å². The molecule has 11 rings (SSSR count). The van der Waals surface area contributed by atoms with Crippen molar-refractivity contribution >= 4 is 79.2 Å². The standard InChI is InChI=1S/C45H31BN2O/c1-45(2)33-18-7-6-16-29(33)31-26-32-30-17-12-25-41(44(30)49-42(32)27-34(31)45)48-38-22-11-9-20-36(38)46-35-19-8-10-21-37(35)47(28-14-4-3-5-15-28)39-23-13-24-40(48)43(39)46/h3-27H,1-2H3. The van der Waals surface area contributed by atoms with E-state index in [4.69, 9.17) is 4.42 Å². The molecule has 0 unspecified atom stereocenters. The van der Waals surface area contributed by atoms with E-state index in [-0.39, 0.29) is 12.1 Å². The van der Waals surface area contributed by atoms with Crippen LogP contribution in [0.2, 0.25) is 0 Å². The van der Waals surface area contributed by atoms with Crippen LogP contribution in [0.3, 0.4) is 0 Å². The Kier molecular flexibility index (Phi) is 5.26. The third-order valence-corrected chi connectivity index (χ3v) is 11.2. The van der Waals surface area contributed by atoms with E-state index < -0.39 is 0 Å². The number of benzene rings is 7. The Hall–Kier alpha value is -6.00. The lowest BCUT2D eigenvalue weighted by Gasteiger charge is -2.43. The molecule has 0 spiro atoms. The molecule has 4 heteroatoms. The molecular weight excluding hydrogens is 595 g/mol. The largest absolute Gasteiger partial charge is 0.454 e. The average Bonchev–Trinajstić information content (AvgIpc) is 3.62. The van der Waals surface area contributed by atoms with Gasteiger partial charge in [-0.25, -0.2) is 0 Å². The second kappa shape index (κ2) is 9.55. The zero-order valence-electron chi connectivity index (χ0n) is 27.3. The normalized spacial score (nSPS) is 14.8. The Bertz CT molecular complexity index is 2670. The first kappa shape index (κ1) is 27.0. The van der Waals surface area contributed by atoms with Gasteiger partial charge in [0.05, 0.1) is 5.69 Å². The molecule has 0 amide bonds. The van der Waals surface area contributed by atoms with Gasteiger partial charge in [-0.3, -0.25) is 0 Å². The van der Waals surface area contributed by atoms with E-state index >= 15 is 0 Å². The molecule has 0 bridgehead atoms. The molecule has 8 aromatic rings. The maximum absolute atomic E-state index is 6.98. The molecule has 1 aromatic heterocycles. The van der Waals surface area contributed by atoms with Crippen molar-refractivity contribution in [2.24, 2.45) is 0 Å². The topological polar surface area (TPSA) is 19.6 Å². The minimum absolute atomic E-state index is 0.0905. The molecule has 2 aliphatic heterocycles. The maximum Gasteiger partial charge on any atom is 0.252 e. The first-order valence-electron chi connectivity index (χ1n) is 17.2. The number of rotatable bonds is 2. The van der Waals surface area contributed by atoms with Gasteiger partial charge in [-0.1, -0.05) is 111 Å². The first-order chi connectivity index (χ1) is 24.1. The fraction of sp³-hybridized carbons (Fsp3) is 0.0667. The molecule has 7 aromatic carbocycles. The van der Waals surface area contributed by atoms with Crippen molar-refractivity contribution < 1.29 is 4.42 Å². The molecule has 49 heavy (non-hydrogen) atoms. The third-order valence-electron chi connectivity index (χ3n) is 11.2. The van der Waals surface area contributed by atoms with Crippen molar-refractivity contribution in [3.8, 4) is 11.1 Å². The lowest BCUT2D eigenvalue weighted by molar-refractivity contribution is 0.647. The van der Waals surface area contributed by atoms with Gasteiger partial charge >= 0.3 is 0 Å². The van der Waals surface area contributed by atoms with E-state index in [1.807, 2.05) is 0 Å². The van der Waals surface area contributed by atoms with E-state index in [0.29, 0.717) is 0 Å². The van der Waals surface area contributed by atoms with Crippen molar-refractivity contribution in [1.29, 1.82) is 0 Å². The number of fused-ring (bicyclic) bond motifs is 10. The molecule has 0 atom stereocenters. The molecule has 230 valence electrons. The first-order valence-corrected chi connectivity index (χ1v) is 17.2. The Balaban J connectivity index is 1.18. The summed E-state index contributed by atoms with van der Waals surface area (Å²) in [6, 6.07) is 55.5. The van der Waals surface area contributed by atoms with E-state index in [9.17, 15) is 0 Å². The van der Waals surface area contributed by atoms with Gasteiger partial charge in [0.1, 0.15) is 5.58 Å². The summed E-state index contributed by atoms with van der Waals surface area (Å²) in [7, 11) is 0. The van der Waals surface area contributed by atoms with E-state index in [1.54, 1.807) is 0 Å². The summed E-state index contributed by atoms with van der Waals surface area (Å²) in [6.45, 7) is 4.76.